The molecule has 4 nitrogen and oxygen atoms in total. The van der Waals surface area contributed by atoms with E-state index in [1.54, 1.807) is 23.5 Å². The van der Waals surface area contributed by atoms with Crippen LogP contribution in [-0.2, 0) is 17.6 Å². The van der Waals surface area contributed by atoms with Crippen LogP contribution >= 0.6 is 11.3 Å². The molecule has 126 valence electrons. The highest BCUT2D eigenvalue weighted by Crippen LogP contribution is 2.30. The van der Waals surface area contributed by atoms with Gasteiger partial charge in [-0.15, -0.1) is 11.3 Å². The second-order valence-corrected chi connectivity index (χ2v) is 7.40. The average Bonchev–Trinajstić information content (AvgIpc) is 3.00. The smallest absolute Gasteiger partial charge is 0.256 e. The Kier molecular flexibility index (Phi) is 5.00. The Bertz CT molecular complexity index is 747. The van der Waals surface area contributed by atoms with Crippen LogP contribution in [0.4, 0.5) is 11.4 Å². The van der Waals surface area contributed by atoms with Crippen LogP contribution in [0.5, 0.6) is 0 Å². The highest BCUT2D eigenvalue weighted by molar-refractivity contribution is 7.10. The summed E-state index contributed by atoms with van der Waals surface area (Å²) in [5.74, 6) is -0.126. The van der Waals surface area contributed by atoms with Crippen molar-refractivity contribution in [3.05, 3.63) is 45.6 Å². The summed E-state index contributed by atoms with van der Waals surface area (Å²) < 4.78 is 0. The van der Waals surface area contributed by atoms with Gasteiger partial charge < -0.3 is 10.6 Å². The summed E-state index contributed by atoms with van der Waals surface area (Å²) in [6.45, 7) is 3.71. The van der Waals surface area contributed by atoms with Crippen molar-refractivity contribution in [1.82, 2.24) is 0 Å². The van der Waals surface area contributed by atoms with Crippen molar-refractivity contribution in [1.29, 1.82) is 0 Å². The fourth-order valence-electron chi connectivity index (χ4n) is 2.81. The molecule has 2 aromatic rings. The largest absolute Gasteiger partial charge is 0.326 e. The predicted octanol–water partition coefficient (Wildman–Crippen LogP) is 4.47. The van der Waals surface area contributed by atoms with Crippen LogP contribution in [-0.4, -0.2) is 11.8 Å². The maximum atomic E-state index is 12.5. The molecule has 0 atom stereocenters. The maximum Gasteiger partial charge on any atom is 0.256 e. The fourth-order valence-corrected chi connectivity index (χ4v) is 3.93. The molecular weight excluding hydrogens is 320 g/mol. The third kappa shape index (κ3) is 3.67. The Hall–Kier alpha value is -2.14. The first-order valence-corrected chi connectivity index (χ1v) is 9.24. The Balaban J connectivity index is 1.67. The molecule has 1 aromatic heterocycles. The molecule has 0 unspecified atom stereocenters. The fraction of sp³-hybridized carbons (Fsp3) is 0.368. The van der Waals surface area contributed by atoms with E-state index in [0.717, 1.165) is 36.2 Å². The average molecular weight is 342 g/mol. The quantitative estimate of drug-likeness (QED) is 0.861. The van der Waals surface area contributed by atoms with Crippen LogP contribution in [0.15, 0.2) is 29.6 Å². The zero-order valence-corrected chi connectivity index (χ0v) is 14.8. The summed E-state index contributed by atoms with van der Waals surface area (Å²) in [7, 11) is 0. The van der Waals surface area contributed by atoms with Crippen molar-refractivity contribution < 1.29 is 9.59 Å². The van der Waals surface area contributed by atoms with Gasteiger partial charge in [0, 0.05) is 27.5 Å². The van der Waals surface area contributed by atoms with Crippen molar-refractivity contribution >= 4 is 34.5 Å². The van der Waals surface area contributed by atoms with Gasteiger partial charge in [-0.25, -0.2) is 0 Å². The number of rotatable bonds is 4. The number of anilines is 2. The number of amides is 2. The molecule has 0 radical (unpaired) electrons. The monoisotopic (exact) mass is 342 g/mol. The van der Waals surface area contributed by atoms with Gasteiger partial charge in [-0.3, -0.25) is 9.59 Å². The van der Waals surface area contributed by atoms with Crippen LogP contribution in [0.2, 0.25) is 0 Å². The molecule has 24 heavy (non-hydrogen) atoms. The van der Waals surface area contributed by atoms with Gasteiger partial charge in [-0.1, -0.05) is 13.8 Å². The van der Waals surface area contributed by atoms with E-state index < -0.39 is 0 Å². The minimum atomic E-state index is -0.0610. The van der Waals surface area contributed by atoms with E-state index in [2.05, 4.69) is 10.6 Å². The number of carbonyl (C=O) groups excluding carboxylic acids is 2. The molecular formula is C19H22N2O2S. The highest BCUT2D eigenvalue weighted by atomic mass is 32.1. The number of aryl methyl sites for hydroxylation is 1. The molecule has 1 aliphatic carbocycles. The Morgan fingerprint density at radius 2 is 1.62 bits per heavy atom. The number of thiophene rings is 1. The third-order valence-corrected chi connectivity index (χ3v) is 5.33. The molecule has 0 saturated carbocycles. The number of carbonyl (C=O) groups is 2. The lowest BCUT2D eigenvalue weighted by atomic mass is 9.95. The lowest BCUT2D eigenvalue weighted by Gasteiger charge is -2.13. The minimum Gasteiger partial charge on any atom is -0.326 e. The van der Waals surface area contributed by atoms with Crippen molar-refractivity contribution in [2.24, 2.45) is 5.92 Å². The molecule has 1 aliphatic rings. The molecule has 0 saturated heterocycles. The van der Waals surface area contributed by atoms with Crippen molar-refractivity contribution in [3.63, 3.8) is 0 Å². The van der Waals surface area contributed by atoms with E-state index in [0.29, 0.717) is 0 Å². The summed E-state index contributed by atoms with van der Waals surface area (Å²) in [5, 5.41) is 7.77. The normalized spacial score (nSPS) is 13.5. The summed E-state index contributed by atoms with van der Waals surface area (Å²) in [6.07, 6.45) is 4.48. The summed E-state index contributed by atoms with van der Waals surface area (Å²) in [5.41, 5.74) is 3.51. The standard InChI is InChI=1S/C19H22N2O2S/c1-12(2)18(22)20-13-7-9-14(10-8-13)21-19(23)16-11-24-17-6-4-3-5-15(16)17/h7-12H,3-6H2,1-2H3,(H,20,22)(H,21,23). The molecule has 0 aliphatic heterocycles. The zero-order valence-electron chi connectivity index (χ0n) is 14.0. The highest BCUT2D eigenvalue weighted by Gasteiger charge is 2.20. The predicted molar refractivity (Wildman–Crippen MR) is 98.8 cm³/mol. The number of benzene rings is 1. The van der Waals surface area contributed by atoms with Gasteiger partial charge in [-0.05, 0) is 55.5 Å². The lowest BCUT2D eigenvalue weighted by molar-refractivity contribution is -0.118. The van der Waals surface area contributed by atoms with Crippen molar-refractivity contribution in [2.45, 2.75) is 39.5 Å². The maximum absolute atomic E-state index is 12.5. The number of nitrogens with one attached hydrogen (secondary N) is 2. The van der Waals surface area contributed by atoms with Crippen molar-refractivity contribution in [3.8, 4) is 0 Å². The van der Waals surface area contributed by atoms with Gasteiger partial charge in [0.05, 0.1) is 5.56 Å². The SMILES string of the molecule is CC(C)C(=O)Nc1ccc(NC(=O)c2csc3c2CCCC3)cc1. The van der Waals surface area contributed by atoms with Gasteiger partial charge >= 0.3 is 0 Å². The number of hydrogen-bond acceptors (Lipinski definition) is 3. The molecule has 3 rings (SSSR count). The molecule has 0 fully saturated rings. The Labute approximate surface area is 146 Å². The van der Waals surface area contributed by atoms with E-state index in [9.17, 15) is 9.59 Å². The van der Waals surface area contributed by atoms with Crippen molar-refractivity contribution in [2.75, 3.05) is 10.6 Å². The summed E-state index contributed by atoms with van der Waals surface area (Å²) in [6, 6.07) is 7.23. The van der Waals surface area contributed by atoms with Crippen LogP contribution in [0, 0.1) is 5.92 Å². The van der Waals surface area contributed by atoms with E-state index in [-0.39, 0.29) is 17.7 Å². The first-order chi connectivity index (χ1) is 11.5. The molecule has 0 bridgehead atoms. The van der Waals surface area contributed by atoms with Gasteiger partial charge in [0.2, 0.25) is 5.91 Å². The summed E-state index contributed by atoms with van der Waals surface area (Å²) >= 11 is 1.69. The summed E-state index contributed by atoms with van der Waals surface area (Å²) in [4.78, 5) is 25.6. The number of hydrogen-bond donors (Lipinski definition) is 2. The van der Waals surface area contributed by atoms with Gasteiger partial charge in [0.1, 0.15) is 0 Å². The van der Waals surface area contributed by atoms with E-state index >= 15 is 0 Å². The molecule has 1 aromatic carbocycles. The molecule has 2 N–H and O–H groups in total. The minimum absolute atomic E-state index is 0.0170. The van der Waals surface area contributed by atoms with E-state index in [4.69, 9.17) is 0 Å². The van der Waals surface area contributed by atoms with E-state index in [1.807, 2.05) is 31.4 Å². The van der Waals surface area contributed by atoms with Crippen LogP contribution in [0.3, 0.4) is 0 Å². The van der Waals surface area contributed by atoms with Crippen LogP contribution < -0.4 is 10.6 Å². The van der Waals surface area contributed by atoms with E-state index in [1.165, 1.54) is 16.9 Å². The first kappa shape index (κ1) is 16.7. The van der Waals surface area contributed by atoms with Crippen LogP contribution in [0.25, 0.3) is 0 Å². The molecule has 5 heteroatoms. The second kappa shape index (κ2) is 7.18. The topological polar surface area (TPSA) is 58.2 Å². The van der Waals surface area contributed by atoms with Gasteiger partial charge in [0.25, 0.3) is 5.91 Å². The first-order valence-electron chi connectivity index (χ1n) is 8.36. The Morgan fingerprint density at radius 3 is 2.29 bits per heavy atom. The molecule has 2 amide bonds. The third-order valence-electron chi connectivity index (χ3n) is 4.24. The lowest BCUT2D eigenvalue weighted by Crippen LogP contribution is -2.18. The Morgan fingerprint density at radius 1 is 1.00 bits per heavy atom. The van der Waals surface area contributed by atoms with Crippen LogP contribution in [0.1, 0.15) is 47.5 Å². The van der Waals surface area contributed by atoms with Gasteiger partial charge in [-0.2, -0.15) is 0 Å². The second-order valence-electron chi connectivity index (χ2n) is 6.43. The zero-order chi connectivity index (χ0) is 17.1. The molecule has 0 spiro atoms. The van der Waals surface area contributed by atoms with Gasteiger partial charge in [0.15, 0.2) is 0 Å². The molecule has 1 heterocycles. The number of fused-ring (bicyclic) bond motifs is 1.